The molecule has 0 fully saturated rings. The molecule has 0 aliphatic carbocycles. The van der Waals surface area contributed by atoms with Gasteiger partial charge in [0.15, 0.2) is 5.82 Å². The van der Waals surface area contributed by atoms with Crippen LogP contribution in [0.5, 0.6) is 0 Å². The molecule has 7 heteroatoms. The van der Waals surface area contributed by atoms with Crippen LogP contribution in [0.25, 0.3) is 32.9 Å². The maximum Gasteiger partial charge on any atom is 0.350 e. The van der Waals surface area contributed by atoms with E-state index in [2.05, 4.69) is 4.98 Å². The van der Waals surface area contributed by atoms with Crippen LogP contribution >= 0.6 is 22.9 Å². The number of nitrogen functional groups attached to an aromatic ring is 1. The summed E-state index contributed by atoms with van der Waals surface area (Å²) in [5, 5.41) is 1.30. The van der Waals surface area contributed by atoms with Gasteiger partial charge in [0.2, 0.25) is 0 Å². The topological polar surface area (TPSA) is 78.1 Å². The number of benzene rings is 2. The number of nitrogens with two attached hydrogens (primary N) is 1. The van der Waals surface area contributed by atoms with Gasteiger partial charge in [0.25, 0.3) is 0 Å². The predicted octanol–water partition coefficient (Wildman–Crippen LogP) is 5.44. The second-order valence-corrected chi connectivity index (χ2v) is 7.45. The lowest BCUT2D eigenvalue weighted by Crippen LogP contribution is -2.05. The van der Waals surface area contributed by atoms with E-state index >= 15 is 0 Å². The first-order valence-electron chi connectivity index (χ1n) is 8.67. The van der Waals surface area contributed by atoms with Crippen molar-refractivity contribution in [1.29, 1.82) is 0 Å². The summed E-state index contributed by atoms with van der Waals surface area (Å²) < 4.78 is 5.14. The quantitative estimate of drug-likeness (QED) is 0.454. The Balaban J connectivity index is 1.99. The highest BCUT2D eigenvalue weighted by Gasteiger charge is 2.23. The highest BCUT2D eigenvalue weighted by molar-refractivity contribution is 7.21. The number of anilines is 1. The normalized spacial score (nSPS) is 10.9. The molecule has 0 saturated carbocycles. The van der Waals surface area contributed by atoms with E-state index in [0.29, 0.717) is 37.3 Å². The summed E-state index contributed by atoms with van der Waals surface area (Å²) in [5.41, 5.74) is 9.08. The van der Waals surface area contributed by atoms with Crippen LogP contribution in [0.15, 0.2) is 54.6 Å². The van der Waals surface area contributed by atoms with Gasteiger partial charge in [0.1, 0.15) is 9.71 Å². The minimum atomic E-state index is -0.449. The van der Waals surface area contributed by atoms with Crippen LogP contribution in [0.3, 0.4) is 0 Å². The van der Waals surface area contributed by atoms with Crippen molar-refractivity contribution in [2.24, 2.45) is 0 Å². The van der Waals surface area contributed by atoms with Crippen molar-refractivity contribution in [3.05, 3.63) is 64.5 Å². The van der Waals surface area contributed by atoms with E-state index in [0.717, 1.165) is 11.1 Å². The molecule has 140 valence electrons. The molecule has 0 bridgehead atoms. The Morgan fingerprint density at radius 3 is 2.46 bits per heavy atom. The number of aromatic nitrogens is 2. The summed E-state index contributed by atoms with van der Waals surface area (Å²) >= 11 is 7.22. The lowest BCUT2D eigenvalue weighted by molar-refractivity contribution is 0.0533. The van der Waals surface area contributed by atoms with E-state index in [9.17, 15) is 4.79 Å². The van der Waals surface area contributed by atoms with Gasteiger partial charge in [-0.3, -0.25) is 0 Å². The van der Waals surface area contributed by atoms with Crippen molar-refractivity contribution >= 4 is 44.8 Å². The van der Waals surface area contributed by atoms with Crippen molar-refractivity contribution in [1.82, 2.24) is 9.97 Å². The lowest BCUT2D eigenvalue weighted by Gasteiger charge is -2.08. The van der Waals surface area contributed by atoms with Crippen molar-refractivity contribution in [2.45, 2.75) is 6.92 Å². The number of fused-ring (bicyclic) bond motifs is 1. The fourth-order valence-corrected chi connectivity index (χ4v) is 4.02. The fraction of sp³-hybridized carbons (Fsp3) is 0.0952. The summed E-state index contributed by atoms with van der Waals surface area (Å²) in [7, 11) is 0. The number of nitrogens with zero attached hydrogens (tertiary/aromatic N) is 2. The average molecular weight is 410 g/mol. The van der Waals surface area contributed by atoms with Gasteiger partial charge in [-0.25, -0.2) is 14.8 Å². The number of ether oxygens (including phenoxy) is 1. The van der Waals surface area contributed by atoms with Gasteiger partial charge in [-0.2, -0.15) is 0 Å². The second-order valence-electron chi connectivity index (χ2n) is 6.01. The van der Waals surface area contributed by atoms with Crippen molar-refractivity contribution in [3.8, 4) is 22.6 Å². The molecular weight excluding hydrogens is 394 g/mol. The van der Waals surface area contributed by atoms with Gasteiger partial charge in [-0.15, -0.1) is 11.3 Å². The summed E-state index contributed by atoms with van der Waals surface area (Å²) in [6, 6.07) is 17.0. The molecule has 4 rings (SSSR count). The predicted molar refractivity (Wildman–Crippen MR) is 114 cm³/mol. The standard InChI is InChI=1S/C21H16ClN3O2S/c1-2-27-21(26)18-16(23)15-17(12-6-4-3-5-7-12)24-19(25-20(15)28-18)13-8-10-14(22)11-9-13/h3-11H,2,23H2,1H3. The monoisotopic (exact) mass is 409 g/mol. The molecule has 0 saturated heterocycles. The summed E-state index contributed by atoms with van der Waals surface area (Å²) in [4.78, 5) is 22.7. The Hall–Kier alpha value is -2.96. The van der Waals surface area contributed by atoms with E-state index in [1.165, 1.54) is 11.3 Å². The number of carbonyl (C=O) groups excluding carboxylic acids is 1. The fourth-order valence-electron chi connectivity index (χ4n) is 2.90. The molecule has 0 radical (unpaired) electrons. The van der Waals surface area contributed by atoms with Gasteiger partial charge in [-0.05, 0) is 31.2 Å². The minimum absolute atomic E-state index is 0.278. The zero-order valence-corrected chi connectivity index (χ0v) is 16.6. The number of thiophene rings is 1. The van der Waals surface area contributed by atoms with Crippen LogP contribution < -0.4 is 5.73 Å². The zero-order valence-electron chi connectivity index (χ0n) is 15.0. The first-order chi connectivity index (χ1) is 13.6. The molecule has 0 aliphatic rings. The SMILES string of the molecule is CCOC(=O)c1sc2nc(-c3ccc(Cl)cc3)nc(-c3ccccc3)c2c1N. The molecular formula is C21H16ClN3O2S. The molecule has 2 N–H and O–H groups in total. The van der Waals surface area contributed by atoms with Crippen LogP contribution in [0, 0.1) is 0 Å². The highest BCUT2D eigenvalue weighted by atomic mass is 35.5. The van der Waals surface area contributed by atoms with E-state index < -0.39 is 5.97 Å². The summed E-state index contributed by atoms with van der Waals surface area (Å²) in [5.74, 6) is 0.0923. The van der Waals surface area contributed by atoms with Gasteiger partial charge >= 0.3 is 5.97 Å². The van der Waals surface area contributed by atoms with E-state index in [-0.39, 0.29) is 6.61 Å². The number of hydrogen-bond donors (Lipinski definition) is 1. The van der Waals surface area contributed by atoms with Gasteiger partial charge in [0, 0.05) is 16.1 Å². The van der Waals surface area contributed by atoms with Crippen LogP contribution in [-0.2, 0) is 4.74 Å². The zero-order chi connectivity index (χ0) is 19.7. The minimum Gasteiger partial charge on any atom is -0.462 e. The molecule has 0 unspecified atom stereocenters. The Morgan fingerprint density at radius 1 is 1.07 bits per heavy atom. The Labute approximate surface area is 170 Å². The average Bonchev–Trinajstić information content (AvgIpc) is 3.05. The largest absolute Gasteiger partial charge is 0.462 e. The van der Waals surface area contributed by atoms with E-state index in [1.54, 1.807) is 19.1 Å². The van der Waals surface area contributed by atoms with Crippen molar-refractivity contribution in [2.75, 3.05) is 12.3 Å². The van der Waals surface area contributed by atoms with Crippen LogP contribution in [-0.4, -0.2) is 22.5 Å². The molecule has 2 aromatic heterocycles. The molecule has 2 aromatic carbocycles. The van der Waals surface area contributed by atoms with Crippen LogP contribution in [0.1, 0.15) is 16.6 Å². The number of hydrogen-bond acceptors (Lipinski definition) is 6. The molecule has 0 amide bonds. The smallest absolute Gasteiger partial charge is 0.350 e. The Bertz CT molecular complexity index is 1160. The van der Waals surface area contributed by atoms with E-state index in [1.807, 2.05) is 42.5 Å². The Morgan fingerprint density at radius 2 is 1.79 bits per heavy atom. The number of rotatable bonds is 4. The van der Waals surface area contributed by atoms with Crippen LogP contribution in [0.2, 0.25) is 5.02 Å². The lowest BCUT2D eigenvalue weighted by atomic mass is 10.1. The summed E-state index contributed by atoms with van der Waals surface area (Å²) in [6.07, 6.45) is 0. The van der Waals surface area contributed by atoms with Crippen molar-refractivity contribution < 1.29 is 9.53 Å². The van der Waals surface area contributed by atoms with Crippen LogP contribution in [0.4, 0.5) is 5.69 Å². The summed E-state index contributed by atoms with van der Waals surface area (Å²) in [6.45, 7) is 2.04. The molecule has 28 heavy (non-hydrogen) atoms. The third-order valence-electron chi connectivity index (χ3n) is 4.20. The number of halogens is 1. The van der Waals surface area contributed by atoms with Gasteiger partial charge in [-0.1, -0.05) is 41.9 Å². The third-order valence-corrected chi connectivity index (χ3v) is 5.53. The number of esters is 1. The first-order valence-corrected chi connectivity index (χ1v) is 9.86. The molecule has 5 nitrogen and oxygen atoms in total. The first kappa shape index (κ1) is 18.4. The Kier molecular flexibility index (Phi) is 4.98. The molecule has 0 atom stereocenters. The highest BCUT2D eigenvalue weighted by Crippen LogP contribution is 2.39. The van der Waals surface area contributed by atoms with Crippen molar-refractivity contribution in [3.63, 3.8) is 0 Å². The number of carbonyl (C=O) groups is 1. The maximum atomic E-state index is 12.3. The second kappa shape index (κ2) is 7.58. The molecule has 4 aromatic rings. The third kappa shape index (κ3) is 3.32. The molecule has 0 spiro atoms. The maximum absolute atomic E-state index is 12.3. The van der Waals surface area contributed by atoms with Gasteiger partial charge in [0.05, 0.1) is 23.4 Å². The van der Waals surface area contributed by atoms with E-state index in [4.69, 9.17) is 27.1 Å². The molecule has 2 heterocycles. The van der Waals surface area contributed by atoms with Gasteiger partial charge < -0.3 is 10.5 Å². The molecule has 0 aliphatic heterocycles.